The topological polar surface area (TPSA) is 126 Å². The van der Waals surface area contributed by atoms with Crippen LogP contribution in [0, 0.1) is 0 Å². The predicted molar refractivity (Wildman–Crippen MR) is 73.4 cm³/mol. The molecule has 1 rings (SSSR count). The average Bonchev–Trinajstić information content (AvgIpc) is 2.39. The van der Waals surface area contributed by atoms with Gasteiger partial charge in [0.1, 0.15) is 10.1 Å². The summed E-state index contributed by atoms with van der Waals surface area (Å²) >= 11 is 0. The predicted octanol–water partition coefficient (Wildman–Crippen LogP) is -1.91. The molecular weight excluding hydrogens is 328 g/mol. The van der Waals surface area contributed by atoms with Crippen LogP contribution in [0.15, 0.2) is 24.5 Å². The minimum atomic E-state index is -5.40. The summed E-state index contributed by atoms with van der Waals surface area (Å²) in [5, 5.41) is 10.3. The Hall–Kier alpha value is -0.233. The van der Waals surface area contributed by atoms with Crippen molar-refractivity contribution in [2.45, 2.75) is 24.9 Å². The van der Waals surface area contributed by atoms with E-state index in [0.29, 0.717) is 0 Å². The monoisotopic (exact) mass is 345 g/mol. The molecule has 0 amide bonds. The first-order valence-electron chi connectivity index (χ1n) is 6.16. The van der Waals surface area contributed by atoms with Crippen molar-refractivity contribution in [3.05, 3.63) is 30.1 Å². The Labute approximate surface area is 141 Å². The summed E-state index contributed by atoms with van der Waals surface area (Å²) in [5.74, 6) is 0. The van der Waals surface area contributed by atoms with Crippen molar-refractivity contribution in [3.63, 3.8) is 0 Å². The fraction of sp³-hybridized carbons (Fsp3) is 0.545. The Morgan fingerprint density at radius 2 is 1.91 bits per heavy atom. The van der Waals surface area contributed by atoms with Crippen LogP contribution < -0.4 is 18.9 Å². The van der Waals surface area contributed by atoms with Gasteiger partial charge in [-0.15, -0.1) is 0 Å². The quantitative estimate of drug-likeness (QED) is 0.328. The Morgan fingerprint density at radius 1 is 1.36 bits per heavy atom. The van der Waals surface area contributed by atoms with Gasteiger partial charge >= 0.3 is 26.5 Å². The van der Waals surface area contributed by atoms with Gasteiger partial charge in [-0.1, -0.05) is 6.07 Å². The zero-order chi connectivity index (χ0) is 16.1. The molecule has 0 aromatic carbocycles. The van der Waals surface area contributed by atoms with Crippen LogP contribution in [-0.4, -0.2) is 40.9 Å². The van der Waals surface area contributed by atoms with Crippen LogP contribution in [0.1, 0.15) is 19.4 Å². The summed E-state index contributed by atoms with van der Waals surface area (Å²) in [4.78, 5) is 3.75. The smallest absolute Gasteiger partial charge is 0.745 e. The molecule has 0 bridgehead atoms. The first kappa shape index (κ1) is 21.8. The van der Waals surface area contributed by atoms with Gasteiger partial charge in [-0.05, 0) is 25.5 Å². The van der Waals surface area contributed by atoms with E-state index in [1.807, 2.05) is 0 Å². The molecule has 11 heteroatoms. The molecule has 120 valence electrons. The first-order chi connectivity index (χ1) is 9.70. The molecule has 0 saturated carbocycles. The van der Waals surface area contributed by atoms with Crippen molar-refractivity contribution in [3.8, 4) is 0 Å². The molecule has 1 unspecified atom stereocenters. The van der Waals surface area contributed by atoms with Crippen LogP contribution in [0.4, 0.5) is 0 Å². The molecule has 0 radical (unpaired) electrons. The first-order valence-corrected chi connectivity index (χ1v) is 9.11. The maximum atomic E-state index is 12.6. The second-order valence-electron chi connectivity index (χ2n) is 4.07. The van der Waals surface area contributed by atoms with Gasteiger partial charge in [0.05, 0.1) is 13.2 Å². The Balaban J connectivity index is 0.00000441. The third-order valence-electron chi connectivity index (χ3n) is 2.58. The van der Waals surface area contributed by atoms with E-state index >= 15 is 0 Å². The zero-order valence-corrected chi connectivity index (χ0v) is 14.3. The van der Waals surface area contributed by atoms with Gasteiger partial charge in [0.25, 0.3) is 4.67 Å². The molecule has 1 aromatic heterocycles. The van der Waals surface area contributed by atoms with Crippen LogP contribution in [-0.2, 0) is 30.2 Å². The summed E-state index contributed by atoms with van der Waals surface area (Å²) in [6.07, 6.45) is 1.93. The van der Waals surface area contributed by atoms with E-state index < -0.39 is 28.8 Å². The van der Waals surface area contributed by atoms with Gasteiger partial charge < -0.3 is 18.7 Å². The maximum absolute atomic E-state index is 12.6. The summed E-state index contributed by atoms with van der Waals surface area (Å²) in [6.45, 7) is 2.49. The van der Waals surface area contributed by atoms with Crippen molar-refractivity contribution >= 4 is 17.7 Å². The van der Waals surface area contributed by atoms with Crippen molar-refractivity contribution < 1.29 is 50.6 Å². The van der Waals surface area contributed by atoms with Crippen LogP contribution in [0.2, 0.25) is 0 Å². The molecule has 0 aliphatic rings. The van der Waals surface area contributed by atoms with Gasteiger partial charge in [-0.25, -0.2) is 8.42 Å². The minimum absolute atomic E-state index is 0. The van der Waals surface area contributed by atoms with E-state index in [9.17, 15) is 22.6 Å². The molecule has 22 heavy (non-hydrogen) atoms. The van der Waals surface area contributed by atoms with Gasteiger partial charge in [0.15, 0.2) is 0 Å². The van der Waals surface area contributed by atoms with Crippen LogP contribution >= 0.6 is 7.60 Å². The molecule has 8 nitrogen and oxygen atoms in total. The largest absolute Gasteiger partial charge is 1.00 e. The van der Waals surface area contributed by atoms with E-state index in [1.54, 1.807) is 0 Å². The second-order valence-corrected chi connectivity index (χ2v) is 8.21. The van der Waals surface area contributed by atoms with Gasteiger partial charge in [-0.3, -0.25) is 9.55 Å². The summed E-state index contributed by atoms with van der Waals surface area (Å²) < 4.78 is 53.5. The minimum Gasteiger partial charge on any atom is -0.745 e. The van der Waals surface area contributed by atoms with Gasteiger partial charge in [-0.2, -0.15) is 0 Å². The maximum Gasteiger partial charge on any atom is 1.00 e. The zero-order valence-electron chi connectivity index (χ0n) is 12.6. The van der Waals surface area contributed by atoms with Crippen LogP contribution in [0.5, 0.6) is 0 Å². The average molecular weight is 345 g/mol. The number of nitrogens with zero attached hydrogens (tertiary/aromatic N) is 1. The van der Waals surface area contributed by atoms with Crippen LogP contribution in [0.3, 0.4) is 0 Å². The SMILES string of the molecule is CCOP(=O)(OCC)C(O)(Cc1cccnc1)S(=O)(=O)[O-].[Li+]. The Morgan fingerprint density at radius 3 is 2.27 bits per heavy atom. The number of aromatic nitrogens is 1. The van der Waals surface area contributed by atoms with Crippen molar-refractivity contribution in [1.29, 1.82) is 0 Å². The van der Waals surface area contributed by atoms with E-state index in [-0.39, 0.29) is 37.6 Å². The third kappa shape index (κ3) is 4.63. The molecule has 0 saturated heterocycles. The molecule has 0 fully saturated rings. The van der Waals surface area contributed by atoms with E-state index in [1.165, 1.54) is 38.4 Å². The van der Waals surface area contributed by atoms with Crippen molar-refractivity contribution in [2.24, 2.45) is 0 Å². The molecule has 1 heterocycles. The molecule has 0 aliphatic carbocycles. The summed E-state index contributed by atoms with van der Waals surface area (Å²) in [5.41, 5.74) is 0.207. The fourth-order valence-electron chi connectivity index (χ4n) is 1.67. The van der Waals surface area contributed by atoms with Gasteiger partial charge in [0.2, 0.25) is 0 Å². The van der Waals surface area contributed by atoms with Crippen LogP contribution in [0.25, 0.3) is 0 Å². The fourth-order valence-corrected chi connectivity index (χ4v) is 4.96. The van der Waals surface area contributed by atoms with Gasteiger partial charge in [0, 0.05) is 18.8 Å². The number of rotatable bonds is 8. The number of aliphatic hydroxyl groups is 1. The van der Waals surface area contributed by atoms with E-state index in [4.69, 9.17) is 9.05 Å². The molecule has 0 spiro atoms. The standard InChI is InChI=1S/C11H18NO7PS.Li/c1-3-18-20(14,19-4-2)11(13,21(15,16)17)8-10-6-5-7-12-9-10;/h5-7,9,13H,3-4,8H2,1-2H3,(H,15,16,17);/q;+1/p-1. The third-order valence-corrected chi connectivity index (χ3v) is 7.08. The van der Waals surface area contributed by atoms with Crippen molar-refractivity contribution in [2.75, 3.05) is 13.2 Å². The second kappa shape index (κ2) is 8.57. The summed E-state index contributed by atoms with van der Waals surface area (Å²) in [6, 6.07) is 2.92. The Kier molecular flexibility index (Phi) is 8.48. The summed E-state index contributed by atoms with van der Waals surface area (Å²) in [7, 11) is -10.0. The Bertz CT molecular complexity index is 602. The molecular formula is C11H17LiNO7PS. The van der Waals surface area contributed by atoms with Crippen molar-refractivity contribution in [1.82, 2.24) is 4.98 Å². The van der Waals surface area contributed by atoms with E-state index in [0.717, 1.165) is 0 Å². The molecule has 1 aromatic rings. The molecule has 0 aliphatic heterocycles. The number of hydrogen-bond acceptors (Lipinski definition) is 8. The number of hydrogen-bond donors (Lipinski definition) is 1. The number of pyridine rings is 1. The molecule has 1 N–H and O–H groups in total. The normalized spacial score (nSPS) is 14.9. The van der Waals surface area contributed by atoms with E-state index in [2.05, 4.69) is 4.98 Å². The molecule has 1 atom stereocenters.